The lowest BCUT2D eigenvalue weighted by molar-refractivity contribution is -0.225. The van der Waals surface area contributed by atoms with E-state index in [0.29, 0.717) is 0 Å². The van der Waals surface area contributed by atoms with E-state index >= 15 is 0 Å². The van der Waals surface area contributed by atoms with Crippen molar-refractivity contribution in [3.63, 3.8) is 0 Å². The van der Waals surface area contributed by atoms with Gasteiger partial charge in [-0.05, 0) is 55.6 Å². The van der Waals surface area contributed by atoms with Crippen LogP contribution in [0.2, 0.25) is 0 Å². The summed E-state index contributed by atoms with van der Waals surface area (Å²) in [7, 11) is 3.35. The maximum atomic E-state index is 11.8. The molecular formula is C13H25NO4. The lowest BCUT2D eigenvalue weighted by Crippen LogP contribution is -2.42. The van der Waals surface area contributed by atoms with Crippen LogP contribution in [0.3, 0.4) is 0 Å². The predicted octanol–water partition coefficient (Wildman–Crippen LogP) is 2.01. The molecule has 0 amide bonds. The van der Waals surface area contributed by atoms with Crippen molar-refractivity contribution in [1.82, 2.24) is 4.90 Å². The van der Waals surface area contributed by atoms with E-state index in [0.717, 1.165) is 0 Å². The zero-order chi connectivity index (χ0) is 14.7. The van der Waals surface area contributed by atoms with E-state index in [-0.39, 0.29) is 0 Å². The Morgan fingerprint density at radius 2 is 1.11 bits per heavy atom. The molecule has 5 heteroatoms. The van der Waals surface area contributed by atoms with Crippen LogP contribution in [0.4, 0.5) is 0 Å². The first-order valence-electron chi connectivity index (χ1n) is 5.94. The van der Waals surface area contributed by atoms with E-state index in [1.54, 1.807) is 55.6 Å². The summed E-state index contributed by atoms with van der Waals surface area (Å²) in [5.74, 6) is -0.828. The standard InChI is InChI=1S/C13H25NO4/c1-12(2,3)9(15)17-11(14(7)8)18-10(16)13(4,5)6/h11H,1-8H3. The summed E-state index contributed by atoms with van der Waals surface area (Å²) in [5.41, 5.74) is -1.27. The van der Waals surface area contributed by atoms with Crippen LogP contribution in [0.1, 0.15) is 41.5 Å². The zero-order valence-electron chi connectivity index (χ0n) is 12.7. The third-order valence-electron chi connectivity index (χ3n) is 2.06. The minimum Gasteiger partial charge on any atom is -0.410 e. The predicted molar refractivity (Wildman–Crippen MR) is 68.6 cm³/mol. The molecule has 0 heterocycles. The zero-order valence-corrected chi connectivity index (χ0v) is 12.7. The maximum absolute atomic E-state index is 11.8. The van der Waals surface area contributed by atoms with Crippen LogP contribution in [0.5, 0.6) is 0 Å². The Morgan fingerprint density at radius 3 is 1.28 bits per heavy atom. The van der Waals surface area contributed by atoms with Crippen LogP contribution in [0.15, 0.2) is 0 Å². The Bertz CT molecular complexity index is 282. The Balaban J connectivity index is 4.71. The molecule has 0 saturated heterocycles. The molecule has 0 aromatic carbocycles. The highest BCUT2D eigenvalue weighted by Crippen LogP contribution is 2.20. The van der Waals surface area contributed by atoms with Crippen LogP contribution >= 0.6 is 0 Å². The van der Waals surface area contributed by atoms with Crippen molar-refractivity contribution in [3.8, 4) is 0 Å². The number of nitrogens with zero attached hydrogens (tertiary/aromatic N) is 1. The lowest BCUT2D eigenvalue weighted by atomic mass is 9.97. The second-order valence-corrected chi connectivity index (χ2v) is 6.58. The van der Waals surface area contributed by atoms with Gasteiger partial charge < -0.3 is 9.47 Å². The van der Waals surface area contributed by atoms with Crippen LogP contribution in [0.25, 0.3) is 0 Å². The Morgan fingerprint density at radius 1 is 0.833 bits per heavy atom. The van der Waals surface area contributed by atoms with Gasteiger partial charge >= 0.3 is 18.4 Å². The topological polar surface area (TPSA) is 55.8 Å². The first-order valence-corrected chi connectivity index (χ1v) is 5.94. The molecule has 0 aliphatic carbocycles. The fourth-order valence-electron chi connectivity index (χ4n) is 0.772. The number of rotatable bonds is 3. The van der Waals surface area contributed by atoms with Crippen LogP contribution in [-0.2, 0) is 19.1 Å². The number of carbonyl (C=O) groups excluding carboxylic acids is 2. The molecule has 0 atom stereocenters. The Hall–Kier alpha value is -1.10. The monoisotopic (exact) mass is 259 g/mol. The van der Waals surface area contributed by atoms with Crippen molar-refractivity contribution < 1.29 is 19.1 Å². The van der Waals surface area contributed by atoms with Crippen molar-refractivity contribution in [3.05, 3.63) is 0 Å². The third-order valence-corrected chi connectivity index (χ3v) is 2.06. The lowest BCUT2D eigenvalue weighted by Gasteiger charge is -2.29. The fraction of sp³-hybridized carbons (Fsp3) is 0.846. The van der Waals surface area contributed by atoms with E-state index in [2.05, 4.69) is 0 Å². The highest BCUT2D eigenvalue weighted by molar-refractivity contribution is 5.77. The number of hydrogen-bond donors (Lipinski definition) is 0. The summed E-state index contributed by atoms with van der Waals surface area (Å²) in [6.07, 6.45) is -0.997. The summed E-state index contributed by atoms with van der Waals surface area (Å²) >= 11 is 0. The van der Waals surface area contributed by atoms with Gasteiger partial charge in [-0.3, -0.25) is 9.59 Å². The van der Waals surface area contributed by atoms with Crippen LogP contribution < -0.4 is 0 Å². The van der Waals surface area contributed by atoms with Gasteiger partial charge in [-0.15, -0.1) is 0 Å². The maximum Gasteiger partial charge on any atom is 0.315 e. The van der Waals surface area contributed by atoms with Gasteiger partial charge in [0, 0.05) is 0 Å². The fourth-order valence-corrected chi connectivity index (χ4v) is 0.772. The summed E-state index contributed by atoms with van der Waals surface area (Å²) in [5, 5.41) is 0. The average Bonchev–Trinajstić information content (AvgIpc) is 2.12. The molecule has 0 aliphatic heterocycles. The molecule has 0 aromatic rings. The Kier molecular flexibility index (Phi) is 5.35. The summed E-state index contributed by atoms with van der Waals surface area (Å²) < 4.78 is 10.4. The summed E-state index contributed by atoms with van der Waals surface area (Å²) in [4.78, 5) is 25.1. The minimum absolute atomic E-state index is 0.414. The second kappa shape index (κ2) is 5.69. The van der Waals surface area contributed by atoms with Crippen molar-refractivity contribution >= 4 is 11.9 Å². The number of ether oxygens (including phenoxy) is 2. The van der Waals surface area contributed by atoms with Crippen LogP contribution in [-0.4, -0.2) is 37.3 Å². The molecule has 0 saturated carbocycles. The van der Waals surface area contributed by atoms with E-state index in [1.165, 1.54) is 4.90 Å². The highest BCUT2D eigenvalue weighted by Gasteiger charge is 2.32. The average molecular weight is 259 g/mol. The second-order valence-electron chi connectivity index (χ2n) is 6.58. The molecular weight excluding hydrogens is 234 g/mol. The molecule has 18 heavy (non-hydrogen) atoms. The smallest absolute Gasteiger partial charge is 0.315 e. The quantitative estimate of drug-likeness (QED) is 0.573. The highest BCUT2D eigenvalue weighted by atomic mass is 16.7. The molecule has 0 aromatic heterocycles. The molecule has 0 spiro atoms. The summed E-state index contributed by atoms with van der Waals surface area (Å²) in [6.45, 7) is 10.5. The number of carbonyl (C=O) groups is 2. The first-order chi connectivity index (χ1) is 7.85. The van der Waals surface area contributed by atoms with Gasteiger partial charge in [0.25, 0.3) is 0 Å². The van der Waals surface area contributed by atoms with E-state index in [4.69, 9.17) is 9.47 Å². The molecule has 0 fully saturated rings. The van der Waals surface area contributed by atoms with Crippen molar-refractivity contribution in [2.75, 3.05) is 14.1 Å². The minimum atomic E-state index is -0.997. The third kappa shape index (κ3) is 5.49. The van der Waals surface area contributed by atoms with Crippen LogP contribution in [0, 0.1) is 10.8 Å². The number of esters is 2. The van der Waals surface area contributed by atoms with Gasteiger partial charge in [-0.2, -0.15) is 0 Å². The molecule has 106 valence electrons. The SMILES string of the molecule is CN(C)C(OC(=O)C(C)(C)C)OC(=O)C(C)(C)C. The van der Waals surface area contributed by atoms with Gasteiger partial charge in [0.15, 0.2) is 0 Å². The van der Waals surface area contributed by atoms with Crippen molar-refractivity contribution in [2.45, 2.75) is 48.0 Å². The molecule has 0 radical (unpaired) electrons. The summed E-state index contributed by atoms with van der Waals surface area (Å²) in [6, 6.07) is 0. The van der Waals surface area contributed by atoms with Gasteiger partial charge in [-0.1, -0.05) is 0 Å². The van der Waals surface area contributed by atoms with E-state index < -0.39 is 29.2 Å². The molecule has 0 aliphatic rings. The van der Waals surface area contributed by atoms with Gasteiger partial charge in [0.1, 0.15) is 0 Å². The molecule has 0 rings (SSSR count). The van der Waals surface area contributed by atoms with E-state index in [1.807, 2.05) is 0 Å². The van der Waals surface area contributed by atoms with Gasteiger partial charge in [-0.25, -0.2) is 4.90 Å². The Labute approximate surface area is 109 Å². The van der Waals surface area contributed by atoms with E-state index in [9.17, 15) is 9.59 Å². The van der Waals surface area contributed by atoms with Crippen molar-refractivity contribution in [1.29, 1.82) is 0 Å². The largest absolute Gasteiger partial charge is 0.410 e. The molecule has 0 N–H and O–H groups in total. The first kappa shape index (κ1) is 16.9. The number of hydrogen-bond acceptors (Lipinski definition) is 5. The van der Waals surface area contributed by atoms with Gasteiger partial charge in [0.05, 0.1) is 10.8 Å². The van der Waals surface area contributed by atoms with Crippen molar-refractivity contribution in [2.24, 2.45) is 10.8 Å². The van der Waals surface area contributed by atoms with Gasteiger partial charge in [0.2, 0.25) is 0 Å². The normalized spacial score (nSPS) is 12.8. The molecule has 5 nitrogen and oxygen atoms in total. The molecule has 0 unspecified atom stereocenters. The molecule has 0 bridgehead atoms.